The van der Waals surface area contributed by atoms with E-state index in [0.717, 1.165) is 0 Å². The van der Waals surface area contributed by atoms with Gasteiger partial charge in [-0.3, -0.25) is 0 Å². The van der Waals surface area contributed by atoms with Gasteiger partial charge in [-0.2, -0.15) is 26.3 Å². The van der Waals surface area contributed by atoms with Crippen LogP contribution in [0.5, 0.6) is 0 Å². The van der Waals surface area contributed by atoms with E-state index in [2.05, 4.69) is 0 Å². The number of benzene rings is 2. The zero-order chi connectivity index (χ0) is 21.8. The fraction of sp³-hybridized carbons (Fsp3) is 0.294. The van der Waals surface area contributed by atoms with Gasteiger partial charge in [-0.05, 0) is 29.2 Å². The predicted molar refractivity (Wildman–Crippen MR) is 75.8 cm³/mol. The van der Waals surface area contributed by atoms with Gasteiger partial charge in [-0.15, -0.1) is 0 Å². The molecule has 11 heteroatoms. The molecule has 0 aliphatic rings. The second kappa shape index (κ2) is 6.93. The van der Waals surface area contributed by atoms with Crippen LogP contribution in [-0.2, 0) is 12.4 Å². The maximum atomic E-state index is 14.2. The minimum atomic E-state index is -5.81. The van der Waals surface area contributed by atoms with Crippen LogP contribution in [0.2, 0.25) is 0 Å². The van der Waals surface area contributed by atoms with Crippen LogP contribution in [0.3, 0.4) is 0 Å². The molecule has 0 radical (unpaired) electrons. The van der Waals surface area contributed by atoms with Crippen LogP contribution >= 0.6 is 0 Å². The number of alkyl halides is 6. The Morgan fingerprint density at radius 2 is 1.14 bits per heavy atom. The van der Waals surface area contributed by atoms with Crippen molar-refractivity contribution in [2.45, 2.75) is 32.1 Å². The van der Waals surface area contributed by atoms with Crippen LogP contribution in [0.4, 0.5) is 48.3 Å². The van der Waals surface area contributed by atoms with Crippen molar-refractivity contribution in [1.29, 1.82) is 0 Å². The van der Waals surface area contributed by atoms with Crippen molar-refractivity contribution < 1.29 is 48.3 Å². The molecule has 2 aromatic rings. The number of hydrogen-bond acceptors (Lipinski definition) is 0. The summed E-state index contributed by atoms with van der Waals surface area (Å²) in [5.41, 5.74) is -8.29. The predicted octanol–water partition coefficient (Wildman–Crippen LogP) is 7.21. The van der Waals surface area contributed by atoms with Crippen LogP contribution < -0.4 is 0 Å². The molecule has 0 saturated carbocycles. The Bertz CT molecular complexity index is 891. The van der Waals surface area contributed by atoms with Gasteiger partial charge < -0.3 is 0 Å². The van der Waals surface area contributed by atoms with Crippen molar-refractivity contribution in [2.75, 3.05) is 0 Å². The van der Waals surface area contributed by atoms with Crippen molar-refractivity contribution in [3.8, 4) is 11.1 Å². The van der Waals surface area contributed by atoms with E-state index in [1.54, 1.807) is 0 Å². The lowest BCUT2D eigenvalue weighted by molar-refractivity contribution is -0.143. The summed E-state index contributed by atoms with van der Waals surface area (Å²) in [5.74, 6) is -13.5. The van der Waals surface area contributed by atoms with E-state index < -0.39 is 75.2 Å². The van der Waals surface area contributed by atoms with Crippen LogP contribution in [0.1, 0.15) is 36.5 Å². The lowest BCUT2D eigenvalue weighted by Gasteiger charge is -2.20. The number of rotatable bonds is 2. The van der Waals surface area contributed by atoms with Crippen molar-refractivity contribution in [3.63, 3.8) is 0 Å². The quantitative estimate of drug-likeness (QED) is 0.354. The third-order valence-corrected chi connectivity index (χ3v) is 3.88. The summed E-state index contributed by atoms with van der Waals surface area (Å²) in [6, 6.07) is 0.160. The largest absolute Gasteiger partial charge is 0.422 e. The zero-order valence-corrected chi connectivity index (χ0v) is 13.9. The fourth-order valence-corrected chi connectivity index (χ4v) is 2.62. The van der Waals surface area contributed by atoms with E-state index in [1.807, 2.05) is 0 Å². The standard InChI is InChI=1S/C17H9F11/c1-5(2)6-4-9(18)8(16(23,24)25)3-7(6)10-12(19)14(21)11(17(26,27)28)15(22)13(10)20/h3-5H,1-2H3. The van der Waals surface area contributed by atoms with Crippen LogP contribution in [0.15, 0.2) is 12.1 Å². The Labute approximate surface area is 150 Å². The molecule has 0 heterocycles. The van der Waals surface area contributed by atoms with Crippen molar-refractivity contribution >= 4 is 0 Å². The molecule has 0 saturated heterocycles. The molecule has 0 aromatic heterocycles. The Morgan fingerprint density at radius 3 is 1.50 bits per heavy atom. The smallest absolute Gasteiger partial charge is 0.206 e. The van der Waals surface area contributed by atoms with E-state index in [0.29, 0.717) is 0 Å². The Balaban J connectivity index is 3.00. The fourth-order valence-electron chi connectivity index (χ4n) is 2.62. The molecule has 154 valence electrons. The lowest BCUT2D eigenvalue weighted by Crippen LogP contribution is -2.17. The molecule has 0 nitrogen and oxygen atoms in total. The molecular formula is C17H9F11. The van der Waals surface area contributed by atoms with Crippen LogP contribution in [0.25, 0.3) is 11.1 Å². The molecule has 0 N–H and O–H groups in total. The number of hydrogen-bond donors (Lipinski definition) is 0. The van der Waals surface area contributed by atoms with Gasteiger partial charge in [0, 0.05) is 0 Å². The summed E-state index contributed by atoms with van der Waals surface area (Å²) in [4.78, 5) is 0. The third kappa shape index (κ3) is 3.66. The minimum absolute atomic E-state index is 0.0989. The first-order chi connectivity index (χ1) is 12.6. The molecule has 0 aliphatic heterocycles. The molecule has 0 atom stereocenters. The molecule has 0 unspecified atom stereocenters. The lowest BCUT2D eigenvalue weighted by atomic mass is 9.89. The summed E-state index contributed by atoms with van der Waals surface area (Å²) >= 11 is 0. The molecule has 0 fully saturated rings. The number of halogens is 11. The molecule has 0 aliphatic carbocycles. The van der Waals surface area contributed by atoms with E-state index in [9.17, 15) is 48.3 Å². The monoisotopic (exact) mass is 422 g/mol. The Hall–Kier alpha value is -2.33. The summed E-state index contributed by atoms with van der Waals surface area (Å²) < 4.78 is 147. The van der Waals surface area contributed by atoms with Crippen LogP contribution in [-0.4, -0.2) is 0 Å². The molecule has 2 rings (SSSR count). The van der Waals surface area contributed by atoms with E-state index >= 15 is 0 Å². The maximum Gasteiger partial charge on any atom is 0.422 e. The summed E-state index contributed by atoms with van der Waals surface area (Å²) in [5, 5.41) is 0. The summed E-state index contributed by atoms with van der Waals surface area (Å²) in [6.07, 6.45) is -11.2. The minimum Gasteiger partial charge on any atom is -0.206 e. The van der Waals surface area contributed by atoms with Gasteiger partial charge in [0.2, 0.25) is 0 Å². The highest BCUT2D eigenvalue weighted by Crippen LogP contribution is 2.43. The highest BCUT2D eigenvalue weighted by atomic mass is 19.4. The van der Waals surface area contributed by atoms with Gasteiger partial charge in [-0.1, -0.05) is 13.8 Å². The van der Waals surface area contributed by atoms with Gasteiger partial charge in [0.05, 0.1) is 11.1 Å². The zero-order valence-electron chi connectivity index (χ0n) is 13.9. The molecule has 2 aromatic carbocycles. The topological polar surface area (TPSA) is 0 Å². The average Bonchev–Trinajstić information content (AvgIpc) is 2.51. The maximum absolute atomic E-state index is 14.2. The second-order valence-electron chi connectivity index (χ2n) is 6.08. The van der Waals surface area contributed by atoms with Crippen molar-refractivity contribution in [2.24, 2.45) is 0 Å². The van der Waals surface area contributed by atoms with Crippen LogP contribution in [0, 0.1) is 29.1 Å². The first kappa shape index (κ1) is 22.0. The summed E-state index contributed by atoms with van der Waals surface area (Å²) in [6.45, 7) is 2.52. The first-order valence-corrected chi connectivity index (χ1v) is 7.43. The van der Waals surface area contributed by atoms with Crippen molar-refractivity contribution in [3.05, 3.63) is 57.9 Å². The Morgan fingerprint density at radius 1 is 0.679 bits per heavy atom. The normalized spacial score (nSPS) is 12.8. The average molecular weight is 422 g/mol. The SMILES string of the molecule is CC(C)c1cc(F)c(C(F)(F)F)cc1-c1c(F)c(F)c(C(F)(F)F)c(F)c1F. The van der Waals surface area contributed by atoms with E-state index in [4.69, 9.17) is 0 Å². The van der Waals surface area contributed by atoms with Crippen molar-refractivity contribution in [1.82, 2.24) is 0 Å². The summed E-state index contributed by atoms with van der Waals surface area (Å²) in [7, 11) is 0. The van der Waals surface area contributed by atoms with E-state index in [1.165, 1.54) is 13.8 Å². The van der Waals surface area contributed by atoms with Gasteiger partial charge >= 0.3 is 12.4 Å². The highest BCUT2D eigenvalue weighted by molar-refractivity contribution is 5.71. The molecule has 0 bridgehead atoms. The molecule has 0 spiro atoms. The highest BCUT2D eigenvalue weighted by Gasteiger charge is 2.43. The second-order valence-corrected chi connectivity index (χ2v) is 6.08. The van der Waals surface area contributed by atoms with Gasteiger partial charge in [0.1, 0.15) is 11.4 Å². The Kier molecular flexibility index (Phi) is 5.43. The van der Waals surface area contributed by atoms with Gasteiger partial charge in [0.15, 0.2) is 23.3 Å². The van der Waals surface area contributed by atoms with E-state index in [-0.39, 0.29) is 12.1 Å². The third-order valence-electron chi connectivity index (χ3n) is 3.88. The van der Waals surface area contributed by atoms with Gasteiger partial charge in [0.25, 0.3) is 0 Å². The first-order valence-electron chi connectivity index (χ1n) is 7.43. The van der Waals surface area contributed by atoms with Gasteiger partial charge in [-0.25, -0.2) is 22.0 Å². The molecular weight excluding hydrogens is 413 g/mol. The molecule has 0 amide bonds. The molecule has 28 heavy (non-hydrogen) atoms.